The van der Waals surface area contributed by atoms with Crippen LogP contribution in [0.4, 0.5) is 5.95 Å². The van der Waals surface area contributed by atoms with Crippen molar-refractivity contribution in [2.75, 3.05) is 11.9 Å². The summed E-state index contributed by atoms with van der Waals surface area (Å²) in [6.07, 6.45) is 4.44. The van der Waals surface area contributed by atoms with Crippen molar-refractivity contribution in [3.8, 4) is 17.3 Å². The molecule has 0 amide bonds. The number of anilines is 1. The smallest absolute Gasteiger partial charge is 0.269 e. The normalized spacial score (nSPS) is 12.6. The van der Waals surface area contributed by atoms with Crippen LogP contribution in [-0.4, -0.2) is 45.1 Å². The number of nitrogens with zero attached hydrogens (tertiary/aromatic N) is 5. The summed E-state index contributed by atoms with van der Waals surface area (Å²) >= 11 is 0. The molecule has 0 radical (unpaired) electrons. The molecule has 1 atom stereocenters. The topological polar surface area (TPSA) is 134 Å². The molecule has 0 aliphatic carbocycles. The van der Waals surface area contributed by atoms with E-state index >= 15 is 0 Å². The third-order valence-electron chi connectivity index (χ3n) is 5.81. The molecule has 0 unspecified atom stereocenters. The van der Waals surface area contributed by atoms with E-state index in [-0.39, 0.29) is 46.3 Å². The van der Waals surface area contributed by atoms with Gasteiger partial charge in [-0.05, 0) is 43.5 Å². The molecule has 9 nitrogen and oxygen atoms in total. The van der Waals surface area contributed by atoms with Crippen LogP contribution in [0.5, 0.6) is 0 Å². The number of aryl methyl sites for hydroxylation is 2. The molecule has 4 rings (SSSR count). The van der Waals surface area contributed by atoms with Gasteiger partial charge in [0.2, 0.25) is 5.95 Å². The van der Waals surface area contributed by atoms with Crippen LogP contribution < -0.4 is 5.32 Å². The van der Waals surface area contributed by atoms with E-state index in [2.05, 4.69) is 26.3 Å². The van der Waals surface area contributed by atoms with E-state index in [0.717, 1.165) is 15.1 Å². The minimum atomic E-state index is -3.97. The van der Waals surface area contributed by atoms with Gasteiger partial charge < -0.3 is 10.4 Å². The van der Waals surface area contributed by atoms with Crippen molar-refractivity contribution in [1.29, 1.82) is 5.26 Å². The number of nitrogens with one attached hydrogen (secondary N) is 1. The summed E-state index contributed by atoms with van der Waals surface area (Å²) in [5, 5.41) is 23.1. The molecule has 0 spiro atoms. The highest BCUT2D eigenvalue weighted by Gasteiger charge is 2.25. The largest absolute Gasteiger partial charge is 0.394 e. The highest BCUT2D eigenvalue weighted by atomic mass is 32.2. The van der Waals surface area contributed by atoms with Gasteiger partial charge in [-0.2, -0.15) is 5.26 Å². The summed E-state index contributed by atoms with van der Waals surface area (Å²) in [5.41, 5.74) is 2.92. The van der Waals surface area contributed by atoms with Gasteiger partial charge in [-0.15, -0.1) is 0 Å². The summed E-state index contributed by atoms with van der Waals surface area (Å²) in [7, 11) is -3.97. The van der Waals surface area contributed by atoms with Crippen LogP contribution in [0.3, 0.4) is 0 Å². The summed E-state index contributed by atoms with van der Waals surface area (Å²) in [6.45, 7) is 7.53. The van der Waals surface area contributed by atoms with E-state index in [9.17, 15) is 18.8 Å². The van der Waals surface area contributed by atoms with E-state index < -0.39 is 10.0 Å². The minimum Gasteiger partial charge on any atom is -0.394 e. The number of pyridine rings is 1. The average molecular weight is 491 g/mol. The lowest BCUT2D eigenvalue weighted by atomic mass is 10.1. The second-order valence-corrected chi connectivity index (χ2v) is 10.6. The van der Waals surface area contributed by atoms with Crippen LogP contribution in [0.2, 0.25) is 0 Å². The molecule has 0 aliphatic heterocycles. The van der Waals surface area contributed by atoms with Crippen LogP contribution in [0.1, 0.15) is 30.5 Å². The third kappa shape index (κ3) is 4.60. The zero-order valence-corrected chi connectivity index (χ0v) is 20.7. The molecule has 10 heteroatoms. The Labute approximate surface area is 204 Å². The number of nitriles is 1. The first-order valence-corrected chi connectivity index (χ1v) is 12.5. The summed E-state index contributed by atoms with van der Waals surface area (Å²) in [4.78, 5) is 13.3. The zero-order chi connectivity index (χ0) is 25.3. The van der Waals surface area contributed by atoms with Crippen molar-refractivity contribution in [1.82, 2.24) is 18.9 Å². The van der Waals surface area contributed by atoms with Crippen LogP contribution in [0, 0.1) is 31.1 Å². The van der Waals surface area contributed by atoms with Gasteiger partial charge in [0.15, 0.2) is 5.65 Å². The number of fused-ring (bicyclic) bond motifs is 1. The van der Waals surface area contributed by atoms with E-state index in [1.54, 1.807) is 30.5 Å². The molecular weight excluding hydrogens is 464 g/mol. The van der Waals surface area contributed by atoms with Gasteiger partial charge in [0, 0.05) is 23.3 Å². The first kappa shape index (κ1) is 24.3. The number of aromatic nitrogens is 4. The summed E-state index contributed by atoms with van der Waals surface area (Å²) in [5.74, 6) is 0.339. The van der Waals surface area contributed by atoms with Gasteiger partial charge >= 0.3 is 0 Å². The first-order valence-electron chi connectivity index (χ1n) is 11.1. The predicted octanol–water partition coefficient (Wildman–Crippen LogP) is 3.65. The molecular formula is C25H26N6O3S. The molecule has 0 saturated carbocycles. The highest BCUT2D eigenvalue weighted by Crippen LogP contribution is 2.33. The van der Waals surface area contributed by atoms with Crippen molar-refractivity contribution in [2.24, 2.45) is 5.92 Å². The molecule has 0 bridgehead atoms. The number of hydrogen-bond acceptors (Lipinski definition) is 8. The Bertz CT molecular complexity index is 1540. The lowest BCUT2D eigenvalue weighted by Gasteiger charge is -2.20. The maximum absolute atomic E-state index is 13.6. The lowest BCUT2D eigenvalue weighted by molar-refractivity contribution is 0.248. The van der Waals surface area contributed by atoms with E-state index in [4.69, 9.17) is 0 Å². The number of hydrogen-bond donors (Lipinski definition) is 2. The Balaban J connectivity index is 1.94. The fraction of sp³-hybridized carbons (Fsp3) is 0.280. The van der Waals surface area contributed by atoms with Crippen molar-refractivity contribution >= 4 is 27.0 Å². The van der Waals surface area contributed by atoms with Gasteiger partial charge in [-0.25, -0.2) is 27.3 Å². The number of rotatable bonds is 7. The maximum Gasteiger partial charge on any atom is 0.269 e. The van der Waals surface area contributed by atoms with Crippen molar-refractivity contribution < 1.29 is 13.5 Å². The molecule has 3 aromatic heterocycles. The number of benzene rings is 1. The molecule has 0 aliphatic rings. The summed E-state index contributed by atoms with van der Waals surface area (Å²) < 4.78 is 28.2. The average Bonchev–Trinajstić information content (AvgIpc) is 3.21. The van der Waals surface area contributed by atoms with E-state index in [1.807, 2.05) is 33.8 Å². The zero-order valence-electron chi connectivity index (χ0n) is 19.9. The van der Waals surface area contributed by atoms with E-state index in [0.29, 0.717) is 10.9 Å². The SMILES string of the molecule is Cc1ccc(S(=O)(=O)n2cc(-c3nc(N[C@@H](CO)C(C)C)ncc3C#N)c3cc(C)cnc32)cc1. The fourth-order valence-electron chi connectivity index (χ4n) is 3.71. The van der Waals surface area contributed by atoms with Gasteiger partial charge in [0.1, 0.15) is 6.07 Å². The maximum atomic E-state index is 13.6. The van der Waals surface area contributed by atoms with Gasteiger partial charge in [0.25, 0.3) is 10.0 Å². The van der Waals surface area contributed by atoms with Crippen LogP contribution in [0.15, 0.2) is 53.8 Å². The molecule has 0 fully saturated rings. The Morgan fingerprint density at radius 1 is 1.11 bits per heavy atom. The standard InChI is InChI=1S/C25H26N6O3S/c1-15(2)22(14-32)29-25-28-12-18(10-26)23(30-25)21-13-31(24-20(21)9-17(4)11-27-24)35(33,34)19-7-5-16(3)6-8-19/h5-9,11-13,15,22,32H,14H2,1-4H3,(H,28,29,30)/t22-/m0/s1. The van der Waals surface area contributed by atoms with Crippen LogP contribution in [0.25, 0.3) is 22.3 Å². The van der Waals surface area contributed by atoms with Crippen molar-refractivity contribution in [2.45, 2.75) is 38.6 Å². The molecule has 0 saturated heterocycles. The van der Waals surface area contributed by atoms with E-state index in [1.165, 1.54) is 12.4 Å². The van der Waals surface area contributed by atoms with Crippen LogP contribution in [-0.2, 0) is 10.0 Å². The highest BCUT2D eigenvalue weighted by molar-refractivity contribution is 7.90. The second-order valence-electron chi connectivity index (χ2n) is 8.79. The Kier molecular flexibility index (Phi) is 6.56. The monoisotopic (exact) mass is 490 g/mol. The second kappa shape index (κ2) is 9.44. The predicted molar refractivity (Wildman–Crippen MR) is 133 cm³/mol. The Morgan fingerprint density at radius 3 is 2.46 bits per heavy atom. The van der Waals surface area contributed by atoms with Gasteiger partial charge in [-0.3, -0.25) is 0 Å². The third-order valence-corrected chi connectivity index (χ3v) is 7.47. The molecule has 35 heavy (non-hydrogen) atoms. The Hall–Kier alpha value is -3.81. The molecule has 4 aromatic rings. The Morgan fingerprint density at radius 2 is 1.83 bits per heavy atom. The minimum absolute atomic E-state index is 0.108. The fourth-order valence-corrected chi connectivity index (χ4v) is 5.03. The first-order chi connectivity index (χ1) is 16.6. The van der Waals surface area contributed by atoms with Gasteiger partial charge in [0.05, 0.1) is 35.0 Å². The van der Waals surface area contributed by atoms with Crippen molar-refractivity contribution in [3.63, 3.8) is 0 Å². The molecule has 180 valence electrons. The van der Waals surface area contributed by atoms with Crippen molar-refractivity contribution in [3.05, 3.63) is 65.6 Å². The number of aliphatic hydroxyl groups is 1. The number of aliphatic hydroxyl groups excluding tert-OH is 1. The van der Waals surface area contributed by atoms with Gasteiger partial charge in [-0.1, -0.05) is 31.5 Å². The molecule has 2 N–H and O–H groups in total. The summed E-state index contributed by atoms with van der Waals surface area (Å²) in [6, 6.07) is 10.2. The molecule has 1 aromatic carbocycles. The lowest BCUT2D eigenvalue weighted by Crippen LogP contribution is -2.30. The quantitative estimate of drug-likeness (QED) is 0.401. The van der Waals surface area contributed by atoms with Crippen LogP contribution >= 0.6 is 0 Å². The molecule has 3 heterocycles.